The molecule has 1 rings (SSSR count). The van der Waals surface area contributed by atoms with Crippen LogP contribution >= 0.6 is 0 Å². The monoisotopic (exact) mass is 295 g/mol. The minimum Gasteiger partial charge on any atom is -0.465 e. The molecule has 1 fully saturated rings. The maximum atomic E-state index is 12.8. The number of rotatable bonds is 4. The topological polar surface area (TPSA) is 55.4 Å². The van der Waals surface area contributed by atoms with E-state index in [0.29, 0.717) is 0 Å². The number of alkyl halides is 3. The summed E-state index contributed by atoms with van der Waals surface area (Å²) >= 11 is 0. The third kappa shape index (κ3) is 3.43. The maximum Gasteiger partial charge on any atom is 0.411 e. The zero-order chi connectivity index (χ0) is 15.8. The van der Waals surface area contributed by atoms with Crippen LogP contribution in [0.5, 0.6) is 0 Å². The SMILES string of the molecule is CCOC(=O)C(C(=O)NC1(C(F)(F)F)CC1)C(C)(C)C. The highest BCUT2D eigenvalue weighted by atomic mass is 19.4. The number of hydrogen-bond acceptors (Lipinski definition) is 3. The number of carbonyl (C=O) groups is 2. The highest BCUT2D eigenvalue weighted by Crippen LogP contribution is 2.49. The Morgan fingerprint density at radius 1 is 1.25 bits per heavy atom. The number of ether oxygens (including phenoxy) is 1. The van der Waals surface area contributed by atoms with Gasteiger partial charge in [0.05, 0.1) is 6.61 Å². The van der Waals surface area contributed by atoms with Crippen molar-refractivity contribution in [2.24, 2.45) is 11.3 Å². The van der Waals surface area contributed by atoms with Crippen LogP contribution in [-0.2, 0) is 14.3 Å². The molecule has 1 saturated carbocycles. The van der Waals surface area contributed by atoms with E-state index < -0.39 is 34.9 Å². The third-order valence-corrected chi connectivity index (χ3v) is 3.31. The first kappa shape index (κ1) is 16.8. The Kier molecular flexibility index (Phi) is 4.41. The Hall–Kier alpha value is -1.27. The van der Waals surface area contributed by atoms with E-state index in [9.17, 15) is 22.8 Å². The number of halogens is 3. The molecule has 1 atom stereocenters. The molecule has 1 aliphatic carbocycles. The van der Waals surface area contributed by atoms with E-state index >= 15 is 0 Å². The largest absolute Gasteiger partial charge is 0.465 e. The first-order valence-electron chi connectivity index (χ1n) is 6.50. The molecule has 0 spiro atoms. The summed E-state index contributed by atoms with van der Waals surface area (Å²) in [5.74, 6) is -2.98. The molecular formula is C13H20F3NO3. The molecule has 0 aromatic rings. The van der Waals surface area contributed by atoms with Crippen LogP contribution in [0.2, 0.25) is 0 Å². The van der Waals surface area contributed by atoms with Crippen LogP contribution in [0.1, 0.15) is 40.5 Å². The predicted molar refractivity (Wildman–Crippen MR) is 65.7 cm³/mol. The average Bonchev–Trinajstić information content (AvgIpc) is 2.95. The fourth-order valence-corrected chi connectivity index (χ4v) is 1.99. The van der Waals surface area contributed by atoms with Crippen molar-refractivity contribution in [2.75, 3.05) is 6.61 Å². The van der Waals surface area contributed by atoms with Gasteiger partial charge in [-0.3, -0.25) is 9.59 Å². The van der Waals surface area contributed by atoms with Gasteiger partial charge in [0, 0.05) is 0 Å². The maximum absolute atomic E-state index is 12.8. The lowest BCUT2D eigenvalue weighted by atomic mass is 9.80. The fourth-order valence-electron chi connectivity index (χ4n) is 1.99. The number of nitrogens with one attached hydrogen (secondary N) is 1. The van der Waals surface area contributed by atoms with Crippen LogP contribution in [-0.4, -0.2) is 30.2 Å². The average molecular weight is 295 g/mol. The summed E-state index contributed by atoms with van der Waals surface area (Å²) in [6.45, 7) is 6.49. The summed E-state index contributed by atoms with van der Waals surface area (Å²) in [5, 5.41) is 1.99. The molecular weight excluding hydrogens is 275 g/mol. The minimum atomic E-state index is -4.50. The van der Waals surface area contributed by atoms with Gasteiger partial charge in [-0.2, -0.15) is 13.2 Å². The zero-order valence-corrected chi connectivity index (χ0v) is 12.1. The van der Waals surface area contributed by atoms with Gasteiger partial charge < -0.3 is 10.1 Å². The molecule has 0 radical (unpaired) electrons. The lowest BCUT2D eigenvalue weighted by Gasteiger charge is -2.30. The highest BCUT2D eigenvalue weighted by molar-refractivity contribution is 5.99. The van der Waals surface area contributed by atoms with Crippen LogP contribution in [0, 0.1) is 11.3 Å². The second-order valence-electron chi connectivity index (χ2n) is 6.12. The fraction of sp³-hybridized carbons (Fsp3) is 0.846. The number of amides is 1. The van der Waals surface area contributed by atoms with Crippen LogP contribution in [0.25, 0.3) is 0 Å². The van der Waals surface area contributed by atoms with Crippen LogP contribution in [0.3, 0.4) is 0 Å². The third-order valence-electron chi connectivity index (χ3n) is 3.31. The van der Waals surface area contributed by atoms with E-state index in [0.717, 1.165) is 0 Å². The second-order valence-corrected chi connectivity index (χ2v) is 6.12. The zero-order valence-electron chi connectivity index (χ0n) is 12.1. The molecule has 0 bridgehead atoms. The van der Waals surface area contributed by atoms with Crippen molar-refractivity contribution in [3.8, 4) is 0 Å². The summed E-state index contributed by atoms with van der Waals surface area (Å²) in [5.41, 5.74) is -2.99. The molecule has 7 heteroatoms. The van der Waals surface area contributed by atoms with E-state index in [1.807, 2.05) is 5.32 Å². The quantitative estimate of drug-likeness (QED) is 0.640. The predicted octanol–water partition coefficient (Wildman–Crippen LogP) is 2.42. The van der Waals surface area contributed by atoms with Crippen molar-refractivity contribution in [3.63, 3.8) is 0 Å². The van der Waals surface area contributed by atoms with Gasteiger partial charge in [0.2, 0.25) is 5.91 Å². The van der Waals surface area contributed by atoms with Gasteiger partial charge in [0.15, 0.2) is 0 Å². The van der Waals surface area contributed by atoms with E-state index in [2.05, 4.69) is 0 Å². The summed E-state index contributed by atoms with van der Waals surface area (Å²) < 4.78 is 43.3. The molecule has 0 aliphatic heterocycles. The van der Waals surface area contributed by atoms with Crippen molar-refractivity contribution >= 4 is 11.9 Å². The lowest BCUT2D eigenvalue weighted by molar-refractivity contribution is -0.175. The Morgan fingerprint density at radius 2 is 1.75 bits per heavy atom. The van der Waals surface area contributed by atoms with Crippen LogP contribution in [0.15, 0.2) is 0 Å². The molecule has 0 aromatic carbocycles. The van der Waals surface area contributed by atoms with E-state index in [1.54, 1.807) is 27.7 Å². The van der Waals surface area contributed by atoms with Crippen molar-refractivity contribution in [2.45, 2.75) is 52.3 Å². The number of carbonyl (C=O) groups excluding carboxylic acids is 2. The Morgan fingerprint density at radius 3 is 2.05 bits per heavy atom. The first-order valence-corrected chi connectivity index (χ1v) is 6.50. The molecule has 1 amide bonds. The van der Waals surface area contributed by atoms with Crippen molar-refractivity contribution in [3.05, 3.63) is 0 Å². The standard InChI is InChI=1S/C13H20F3NO3/c1-5-20-10(19)8(11(2,3)4)9(18)17-12(6-7-12)13(14,15)16/h8H,5-7H2,1-4H3,(H,17,18). The molecule has 0 aromatic heterocycles. The molecule has 0 saturated heterocycles. The van der Waals surface area contributed by atoms with Crippen molar-refractivity contribution in [1.29, 1.82) is 0 Å². The Labute approximate surface area is 116 Å². The van der Waals surface area contributed by atoms with Gasteiger partial charge >= 0.3 is 12.1 Å². The normalized spacial score (nSPS) is 19.1. The van der Waals surface area contributed by atoms with Crippen molar-refractivity contribution < 1.29 is 27.5 Å². The first-order chi connectivity index (χ1) is 8.94. The molecule has 0 heterocycles. The molecule has 1 unspecified atom stereocenters. The summed E-state index contributed by atoms with van der Waals surface area (Å²) in [4.78, 5) is 23.9. The van der Waals surface area contributed by atoms with Crippen LogP contribution < -0.4 is 5.32 Å². The van der Waals surface area contributed by atoms with Gasteiger partial charge in [-0.25, -0.2) is 0 Å². The van der Waals surface area contributed by atoms with E-state index in [1.165, 1.54) is 0 Å². The minimum absolute atomic E-state index is 0.0725. The van der Waals surface area contributed by atoms with E-state index in [4.69, 9.17) is 4.74 Å². The Bertz CT molecular complexity index is 395. The number of hydrogen-bond donors (Lipinski definition) is 1. The highest BCUT2D eigenvalue weighted by Gasteiger charge is 2.65. The molecule has 20 heavy (non-hydrogen) atoms. The lowest BCUT2D eigenvalue weighted by Crippen LogP contribution is -2.53. The van der Waals surface area contributed by atoms with Gasteiger partial charge in [0.1, 0.15) is 11.5 Å². The second kappa shape index (κ2) is 5.26. The van der Waals surface area contributed by atoms with Crippen molar-refractivity contribution in [1.82, 2.24) is 5.32 Å². The molecule has 1 aliphatic rings. The molecule has 116 valence electrons. The van der Waals surface area contributed by atoms with Gasteiger partial charge in [0.25, 0.3) is 0 Å². The van der Waals surface area contributed by atoms with Gasteiger partial charge in [-0.1, -0.05) is 20.8 Å². The van der Waals surface area contributed by atoms with E-state index in [-0.39, 0.29) is 19.4 Å². The van der Waals surface area contributed by atoms with Crippen LogP contribution in [0.4, 0.5) is 13.2 Å². The molecule has 1 N–H and O–H groups in total. The van der Waals surface area contributed by atoms with Gasteiger partial charge in [-0.05, 0) is 25.2 Å². The summed E-state index contributed by atoms with van der Waals surface area (Å²) in [6, 6.07) is 0. The Balaban J connectivity index is 2.88. The summed E-state index contributed by atoms with van der Waals surface area (Å²) in [7, 11) is 0. The number of esters is 1. The summed E-state index contributed by atoms with van der Waals surface area (Å²) in [6.07, 6.45) is -4.80. The van der Waals surface area contributed by atoms with Gasteiger partial charge in [-0.15, -0.1) is 0 Å². The smallest absolute Gasteiger partial charge is 0.411 e. The molecule has 4 nitrogen and oxygen atoms in total.